The van der Waals surface area contributed by atoms with Crippen LogP contribution in [-0.4, -0.2) is 24.9 Å². The number of H-pyrrole nitrogens is 1. The summed E-state index contributed by atoms with van der Waals surface area (Å²) in [6, 6.07) is 8.01. The van der Waals surface area contributed by atoms with Crippen molar-refractivity contribution in [3.63, 3.8) is 0 Å². The lowest BCUT2D eigenvalue weighted by molar-refractivity contribution is 0.622. The molecule has 0 atom stereocenters. The van der Waals surface area contributed by atoms with Gasteiger partial charge in [0.25, 0.3) is 0 Å². The zero-order valence-electron chi connectivity index (χ0n) is 12.5. The van der Waals surface area contributed by atoms with Gasteiger partial charge in [-0.25, -0.2) is 24.3 Å². The summed E-state index contributed by atoms with van der Waals surface area (Å²) in [6.45, 7) is 0. The first-order chi connectivity index (χ1) is 12.1. The zero-order valence-corrected chi connectivity index (χ0v) is 14.0. The Hall–Kier alpha value is -2.77. The van der Waals surface area contributed by atoms with Crippen LogP contribution >= 0.6 is 23.2 Å². The molecule has 0 fully saturated rings. The van der Waals surface area contributed by atoms with Gasteiger partial charge in [-0.3, -0.25) is 0 Å². The third-order valence-corrected chi connectivity index (χ3v) is 4.09. The van der Waals surface area contributed by atoms with E-state index in [4.69, 9.17) is 23.2 Å². The largest absolute Gasteiger partial charge is 0.323 e. The highest BCUT2D eigenvalue weighted by Crippen LogP contribution is 2.34. The number of nitrogens with zero attached hydrogens (tertiary/aromatic N) is 4. The normalized spacial score (nSPS) is 11.0. The number of nitrogens with one attached hydrogen (secondary N) is 2. The summed E-state index contributed by atoms with van der Waals surface area (Å²) in [5.74, 6) is 0.909. The third-order valence-electron chi connectivity index (χ3n) is 3.46. The van der Waals surface area contributed by atoms with Crippen molar-refractivity contribution in [3.8, 4) is 11.4 Å². The lowest BCUT2D eigenvalue weighted by Gasteiger charge is -2.04. The van der Waals surface area contributed by atoms with Crippen molar-refractivity contribution in [1.82, 2.24) is 24.9 Å². The average molecular weight is 375 g/mol. The fourth-order valence-electron chi connectivity index (χ4n) is 2.33. The van der Waals surface area contributed by atoms with Crippen LogP contribution in [0.4, 0.5) is 16.0 Å². The van der Waals surface area contributed by atoms with Crippen LogP contribution in [-0.2, 0) is 0 Å². The molecule has 4 rings (SSSR count). The molecule has 0 aliphatic carbocycles. The molecule has 0 amide bonds. The second-order valence-corrected chi connectivity index (χ2v) is 5.90. The van der Waals surface area contributed by atoms with Gasteiger partial charge in [0.15, 0.2) is 17.0 Å². The molecule has 0 saturated heterocycles. The number of aromatic amines is 1. The van der Waals surface area contributed by atoms with Gasteiger partial charge in [0.1, 0.15) is 23.8 Å². The van der Waals surface area contributed by atoms with E-state index in [1.807, 2.05) is 0 Å². The smallest absolute Gasteiger partial charge is 0.163 e. The van der Waals surface area contributed by atoms with Crippen molar-refractivity contribution in [1.29, 1.82) is 0 Å². The number of anilines is 2. The molecule has 3 heterocycles. The van der Waals surface area contributed by atoms with E-state index in [2.05, 4.69) is 30.2 Å². The van der Waals surface area contributed by atoms with Crippen molar-refractivity contribution in [3.05, 3.63) is 58.7 Å². The zero-order chi connectivity index (χ0) is 17.4. The van der Waals surface area contributed by atoms with Gasteiger partial charge in [-0.1, -0.05) is 29.3 Å². The number of hydrogen-bond donors (Lipinski definition) is 2. The minimum Gasteiger partial charge on any atom is -0.323 e. The molecule has 0 saturated carbocycles. The molecule has 0 radical (unpaired) electrons. The van der Waals surface area contributed by atoms with E-state index in [1.54, 1.807) is 18.2 Å². The van der Waals surface area contributed by atoms with E-state index >= 15 is 0 Å². The monoisotopic (exact) mass is 374 g/mol. The van der Waals surface area contributed by atoms with Crippen molar-refractivity contribution in [2.75, 3.05) is 5.32 Å². The molecule has 0 aliphatic rings. The molecule has 1 aromatic carbocycles. The molecule has 124 valence electrons. The minimum absolute atomic E-state index is 0.422. The summed E-state index contributed by atoms with van der Waals surface area (Å²) in [7, 11) is 0. The van der Waals surface area contributed by atoms with Crippen LogP contribution in [0, 0.1) is 5.82 Å². The van der Waals surface area contributed by atoms with Gasteiger partial charge >= 0.3 is 0 Å². The standard InChI is InChI=1S/C16H9Cl2FN6/c17-9-2-1-3-10(18)12(9)14-24-13-15(21-7-22-16(13)25-14)23-11-5-4-8(19)6-20-11/h1-7H,(H2,20,21,22,23,24,25). The molecule has 0 unspecified atom stereocenters. The molecule has 0 spiro atoms. The number of pyridine rings is 1. The maximum atomic E-state index is 13.0. The van der Waals surface area contributed by atoms with E-state index in [1.165, 1.54) is 18.5 Å². The van der Waals surface area contributed by atoms with Gasteiger partial charge in [0, 0.05) is 0 Å². The maximum Gasteiger partial charge on any atom is 0.163 e. The van der Waals surface area contributed by atoms with Gasteiger partial charge in [0.2, 0.25) is 0 Å². The van der Waals surface area contributed by atoms with Crippen LogP contribution < -0.4 is 5.32 Å². The Labute approximate surface area is 151 Å². The Morgan fingerprint density at radius 3 is 2.52 bits per heavy atom. The summed E-state index contributed by atoms with van der Waals surface area (Å²) in [5.41, 5.74) is 1.57. The molecule has 0 aliphatic heterocycles. The first kappa shape index (κ1) is 15.7. The molecule has 0 bridgehead atoms. The summed E-state index contributed by atoms with van der Waals surface area (Å²) >= 11 is 12.5. The van der Waals surface area contributed by atoms with Crippen molar-refractivity contribution in [2.45, 2.75) is 0 Å². The van der Waals surface area contributed by atoms with Crippen LogP contribution in [0.5, 0.6) is 0 Å². The van der Waals surface area contributed by atoms with Gasteiger partial charge in [-0.15, -0.1) is 0 Å². The number of fused-ring (bicyclic) bond motifs is 1. The number of aromatic nitrogens is 5. The second kappa shape index (κ2) is 6.27. The Bertz CT molecular complexity index is 1040. The third kappa shape index (κ3) is 2.99. The van der Waals surface area contributed by atoms with Gasteiger partial charge < -0.3 is 10.3 Å². The first-order valence-corrected chi connectivity index (χ1v) is 7.91. The molecular weight excluding hydrogens is 366 g/mol. The van der Waals surface area contributed by atoms with Crippen molar-refractivity contribution < 1.29 is 4.39 Å². The summed E-state index contributed by atoms with van der Waals surface area (Å²) in [5, 5.41) is 3.92. The number of halogens is 3. The topological polar surface area (TPSA) is 79.4 Å². The number of benzene rings is 1. The van der Waals surface area contributed by atoms with Crippen LogP contribution in [0.15, 0.2) is 42.9 Å². The Morgan fingerprint density at radius 1 is 1.00 bits per heavy atom. The fraction of sp³-hybridized carbons (Fsp3) is 0. The Balaban J connectivity index is 1.80. The van der Waals surface area contributed by atoms with E-state index in [0.29, 0.717) is 44.2 Å². The van der Waals surface area contributed by atoms with Gasteiger partial charge in [0.05, 0.1) is 21.8 Å². The summed E-state index contributed by atoms with van der Waals surface area (Å²) in [6.07, 6.45) is 2.49. The van der Waals surface area contributed by atoms with Crippen LogP contribution in [0.25, 0.3) is 22.6 Å². The SMILES string of the molecule is Fc1ccc(Nc2ncnc3[nH]c(-c4c(Cl)cccc4Cl)nc23)nc1. The highest BCUT2D eigenvalue weighted by atomic mass is 35.5. The van der Waals surface area contributed by atoms with Crippen LogP contribution in [0.1, 0.15) is 0 Å². The maximum absolute atomic E-state index is 13.0. The predicted octanol–water partition coefficient (Wildman–Crippen LogP) is 4.60. The molecule has 9 heteroatoms. The quantitative estimate of drug-likeness (QED) is 0.547. The van der Waals surface area contributed by atoms with E-state index in [-0.39, 0.29) is 0 Å². The molecule has 3 aromatic heterocycles. The molecule has 6 nitrogen and oxygen atoms in total. The minimum atomic E-state index is -0.422. The van der Waals surface area contributed by atoms with Crippen molar-refractivity contribution in [2.24, 2.45) is 0 Å². The summed E-state index contributed by atoms with van der Waals surface area (Å²) < 4.78 is 13.0. The fourth-order valence-corrected chi connectivity index (χ4v) is 2.91. The lowest BCUT2D eigenvalue weighted by atomic mass is 10.2. The Kier molecular flexibility index (Phi) is 3.95. The highest BCUT2D eigenvalue weighted by molar-refractivity contribution is 6.39. The average Bonchev–Trinajstić information content (AvgIpc) is 3.01. The van der Waals surface area contributed by atoms with Crippen molar-refractivity contribution >= 4 is 46.0 Å². The molecule has 4 aromatic rings. The lowest BCUT2D eigenvalue weighted by Crippen LogP contribution is -1.97. The summed E-state index contributed by atoms with van der Waals surface area (Å²) in [4.78, 5) is 19.9. The number of rotatable bonds is 3. The predicted molar refractivity (Wildman–Crippen MR) is 94.6 cm³/mol. The molecule has 2 N–H and O–H groups in total. The second-order valence-electron chi connectivity index (χ2n) is 5.09. The van der Waals surface area contributed by atoms with E-state index in [9.17, 15) is 4.39 Å². The highest BCUT2D eigenvalue weighted by Gasteiger charge is 2.16. The van der Waals surface area contributed by atoms with Crippen LogP contribution in [0.2, 0.25) is 10.0 Å². The molecular formula is C16H9Cl2FN6. The van der Waals surface area contributed by atoms with E-state index < -0.39 is 5.82 Å². The van der Waals surface area contributed by atoms with E-state index in [0.717, 1.165) is 6.20 Å². The van der Waals surface area contributed by atoms with Gasteiger partial charge in [-0.2, -0.15) is 0 Å². The number of hydrogen-bond acceptors (Lipinski definition) is 5. The van der Waals surface area contributed by atoms with Gasteiger partial charge in [-0.05, 0) is 24.3 Å². The molecule has 25 heavy (non-hydrogen) atoms. The Morgan fingerprint density at radius 2 is 1.80 bits per heavy atom. The van der Waals surface area contributed by atoms with Crippen LogP contribution in [0.3, 0.4) is 0 Å². The number of imidazole rings is 1. The first-order valence-electron chi connectivity index (χ1n) is 7.15.